The molecular formula is C10H15NO2. The third kappa shape index (κ3) is 2.86. The van der Waals surface area contributed by atoms with Crippen LogP contribution >= 0.6 is 0 Å². The summed E-state index contributed by atoms with van der Waals surface area (Å²) in [4.78, 5) is 0. The summed E-state index contributed by atoms with van der Waals surface area (Å²) < 4.78 is 5.39. The second-order valence-electron chi connectivity index (χ2n) is 3.43. The first-order valence-electron chi connectivity index (χ1n) is 4.31. The van der Waals surface area contributed by atoms with E-state index in [1.807, 2.05) is 0 Å². The summed E-state index contributed by atoms with van der Waals surface area (Å²) in [5.74, 6) is 1.20. The molecule has 0 spiro atoms. The average molecular weight is 181 g/mol. The Balaban J connectivity index is 2.63. The van der Waals surface area contributed by atoms with Crippen LogP contribution in [0.25, 0.3) is 0 Å². The molecule has 0 saturated heterocycles. The quantitative estimate of drug-likeness (QED) is 0.554. The van der Waals surface area contributed by atoms with Crippen molar-refractivity contribution in [3.05, 3.63) is 18.2 Å². The SMILES string of the molecule is CC(C)COc1ccc(N)c(O)c1. The number of hydrogen-bond donors (Lipinski definition) is 2. The molecule has 0 bridgehead atoms. The summed E-state index contributed by atoms with van der Waals surface area (Å²) >= 11 is 0. The average Bonchev–Trinajstić information content (AvgIpc) is 2.07. The van der Waals surface area contributed by atoms with Crippen LogP contribution < -0.4 is 10.5 Å². The van der Waals surface area contributed by atoms with Gasteiger partial charge in [-0.15, -0.1) is 0 Å². The van der Waals surface area contributed by atoms with E-state index in [0.29, 0.717) is 24.0 Å². The van der Waals surface area contributed by atoms with Gasteiger partial charge in [-0.2, -0.15) is 0 Å². The van der Waals surface area contributed by atoms with E-state index in [1.165, 1.54) is 6.07 Å². The van der Waals surface area contributed by atoms with Gasteiger partial charge in [0.2, 0.25) is 0 Å². The minimum absolute atomic E-state index is 0.0706. The second kappa shape index (κ2) is 4.03. The largest absolute Gasteiger partial charge is 0.506 e. The van der Waals surface area contributed by atoms with Crippen molar-refractivity contribution in [3.63, 3.8) is 0 Å². The molecule has 1 aromatic rings. The summed E-state index contributed by atoms with van der Waals surface area (Å²) in [5.41, 5.74) is 5.81. The molecule has 72 valence electrons. The third-order valence-corrected chi connectivity index (χ3v) is 1.59. The maximum Gasteiger partial charge on any atom is 0.142 e. The van der Waals surface area contributed by atoms with E-state index < -0.39 is 0 Å². The van der Waals surface area contributed by atoms with Gasteiger partial charge in [0.1, 0.15) is 11.5 Å². The molecule has 1 rings (SSSR count). The van der Waals surface area contributed by atoms with Gasteiger partial charge in [-0.3, -0.25) is 0 Å². The van der Waals surface area contributed by atoms with Crippen molar-refractivity contribution in [1.29, 1.82) is 0 Å². The smallest absolute Gasteiger partial charge is 0.142 e. The lowest BCUT2D eigenvalue weighted by molar-refractivity contribution is 0.270. The maximum atomic E-state index is 9.26. The van der Waals surface area contributed by atoms with Crippen LogP contribution in [0.3, 0.4) is 0 Å². The third-order valence-electron chi connectivity index (χ3n) is 1.59. The van der Waals surface area contributed by atoms with Gasteiger partial charge in [-0.05, 0) is 18.1 Å². The first kappa shape index (κ1) is 9.71. The van der Waals surface area contributed by atoms with Crippen LogP contribution in [-0.4, -0.2) is 11.7 Å². The number of anilines is 1. The first-order valence-corrected chi connectivity index (χ1v) is 4.31. The summed E-state index contributed by atoms with van der Waals surface area (Å²) in [6.45, 7) is 4.78. The highest BCUT2D eigenvalue weighted by Gasteiger charge is 2.00. The van der Waals surface area contributed by atoms with Gasteiger partial charge in [-0.25, -0.2) is 0 Å². The number of nitrogens with two attached hydrogens (primary N) is 1. The molecule has 0 aliphatic carbocycles. The molecular weight excluding hydrogens is 166 g/mol. The lowest BCUT2D eigenvalue weighted by Gasteiger charge is -2.09. The molecule has 3 heteroatoms. The molecule has 1 aromatic carbocycles. The van der Waals surface area contributed by atoms with Crippen molar-refractivity contribution in [3.8, 4) is 11.5 Å². The Bertz CT molecular complexity index is 284. The Morgan fingerprint density at radius 1 is 1.46 bits per heavy atom. The van der Waals surface area contributed by atoms with Crippen LogP contribution in [0.15, 0.2) is 18.2 Å². The van der Waals surface area contributed by atoms with Crippen LogP contribution in [0.1, 0.15) is 13.8 Å². The van der Waals surface area contributed by atoms with Gasteiger partial charge in [0.05, 0.1) is 12.3 Å². The Morgan fingerprint density at radius 3 is 2.69 bits per heavy atom. The number of ether oxygens (including phenoxy) is 1. The summed E-state index contributed by atoms with van der Waals surface area (Å²) in [5, 5.41) is 9.26. The number of aromatic hydroxyl groups is 1. The minimum atomic E-state index is 0.0706. The number of hydrogen-bond acceptors (Lipinski definition) is 3. The number of benzene rings is 1. The number of nitrogen functional groups attached to an aromatic ring is 1. The highest BCUT2D eigenvalue weighted by molar-refractivity contribution is 5.54. The molecule has 3 nitrogen and oxygen atoms in total. The van der Waals surface area contributed by atoms with Crippen LogP contribution in [-0.2, 0) is 0 Å². The first-order chi connectivity index (χ1) is 6.09. The fourth-order valence-electron chi connectivity index (χ4n) is 0.876. The van der Waals surface area contributed by atoms with Crippen LogP contribution in [0.5, 0.6) is 11.5 Å². The molecule has 0 saturated carbocycles. The Kier molecular flexibility index (Phi) is 3.01. The molecule has 0 aromatic heterocycles. The molecule has 13 heavy (non-hydrogen) atoms. The molecule has 0 atom stereocenters. The Labute approximate surface area is 78.1 Å². The summed E-state index contributed by atoms with van der Waals surface area (Å²) in [7, 11) is 0. The minimum Gasteiger partial charge on any atom is -0.506 e. The summed E-state index contributed by atoms with van der Waals surface area (Å²) in [6, 6.07) is 4.90. The van der Waals surface area contributed by atoms with Gasteiger partial charge in [0, 0.05) is 6.07 Å². The molecule has 0 unspecified atom stereocenters. The van der Waals surface area contributed by atoms with Crippen LogP contribution in [0.4, 0.5) is 5.69 Å². The maximum absolute atomic E-state index is 9.26. The van der Waals surface area contributed by atoms with Crippen molar-refractivity contribution in [1.82, 2.24) is 0 Å². The molecule has 0 radical (unpaired) electrons. The zero-order chi connectivity index (χ0) is 9.84. The normalized spacial score (nSPS) is 10.4. The van der Waals surface area contributed by atoms with Crippen molar-refractivity contribution in [2.45, 2.75) is 13.8 Å². The molecule has 0 fully saturated rings. The monoisotopic (exact) mass is 181 g/mol. The predicted octanol–water partition coefficient (Wildman–Crippen LogP) is 2.01. The van der Waals surface area contributed by atoms with E-state index in [4.69, 9.17) is 10.5 Å². The van der Waals surface area contributed by atoms with Gasteiger partial charge in [0.15, 0.2) is 0 Å². The fraction of sp³-hybridized carbons (Fsp3) is 0.400. The zero-order valence-electron chi connectivity index (χ0n) is 7.95. The van der Waals surface area contributed by atoms with Crippen LogP contribution in [0, 0.1) is 5.92 Å². The lowest BCUT2D eigenvalue weighted by atomic mass is 10.2. The van der Waals surface area contributed by atoms with Crippen molar-refractivity contribution in [2.24, 2.45) is 5.92 Å². The molecule has 0 aliphatic rings. The molecule has 0 aliphatic heterocycles. The zero-order valence-corrected chi connectivity index (χ0v) is 7.95. The van der Waals surface area contributed by atoms with E-state index in [0.717, 1.165) is 0 Å². The summed E-state index contributed by atoms with van der Waals surface area (Å²) in [6.07, 6.45) is 0. The number of phenols is 1. The molecule has 0 amide bonds. The van der Waals surface area contributed by atoms with Gasteiger partial charge in [-0.1, -0.05) is 13.8 Å². The molecule has 3 N–H and O–H groups in total. The van der Waals surface area contributed by atoms with Crippen molar-refractivity contribution in [2.75, 3.05) is 12.3 Å². The lowest BCUT2D eigenvalue weighted by Crippen LogP contribution is -2.04. The van der Waals surface area contributed by atoms with E-state index in [-0.39, 0.29) is 5.75 Å². The highest BCUT2D eigenvalue weighted by atomic mass is 16.5. The van der Waals surface area contributed by atoms with Crippen molar-refractivity contribution < 1.29 is 9.84 Å². The van der Waals surface area contributed by atoms with E-state index >= 15 is 0 Å². The second-order valence-corrected chi connectivity index (χ2v) is 3.43. The fourth-order valence-corrected chi connectivity index (χ4v) is 0.876. The standard InChI is InChI=1S/C10H15NO2/c1-7(2)6-13-8-3-4-9(11)10(12)5-8/h3-5,7,12H,6,11H2,1-2H3. The van der Waals surface area contributed by atoms with Gasteiger partial charge < -0.3 is 15.6 Å². The topological polar surface area (TPSA) is 55.5 Å². The highest BCUT2D eigenvalue weighted by Crippen LogP contribution is 2.25. The van der Waals surface area contributed by atoms with Gasteiger partial charge >= 0.3 is 0 Å². The Hall–Kier alpha value is -1.38. The van der Waals surface area contributed by atoms with Gasteiger partial charge in [0.25, 0.3) is 0 Å². The van der Waals surface area contributed by atoms with E-state index in [9.17, 15) is 5.11 Å². The van der Waals surface area contributed by atoms with E-state index in [1.54, 1.807) is 12.1 Å². The van der Waals surface area contributed by atoms with Crippen molar-refractivity contribution >= 4 is 5.69 Å². The van der Waals surface area contributed by atoms with E-state index in [2.05, 4.69) is 13.8 Å². The number of phenolic OH excluding ortho intramolecular Hbond substituents is 1. The number of rotatable bonds is 3. The Morgan fingerprint density at radius 2 is 2.15 bits per heavy atom. The molecule has 0 heterocycles. The predicted molar refractivity (Wildman–Crippen MR) is 52.9 cm³/mol. The van der Waals surface area contributed by atoms with Crippen LogP contribution in [0.2, 0.25) is 0 Å².